The van der Waals surface area contributed by atoms with Crippen molar-refractivity contribution >= 4 is 23.1 Å². The first-order valence-electron chi connectivity index (χ1n) is 8.18. The van der Waals surface area contributed by atoms with Crippen LogP contribution in [0.3, 0.4) is 0 Å². The van der Waals surface area contributed by atoms with Crippen molar-refractivity contribution in [2.45, 2.75) is 25.9 Å². The molecule has 0 saturated carbocycles. The van der Waals surface area contributed by atoms with Gasteiger partial charge in [0.1, 0.15) is 10.0 Å². The quantitative estimate of drug-likeness (QED) is 0.835. The van der Waals surface area contributed by atoms with E-state index < -0.39 is 0 Å². The average molecular weight is 347 g/mol. The van der Waals surface area contributed by atoms with Gasteiger partial charge in [0.15, 0.2) is 0 Å². The molecule has 0 aromatic carbocycles. The van der Waals surface area contributed by atoms with Crippen molar-refractivity contribution in [1.82, 2.24) is 29.8 Å². The predicted octanol–water partition coefficient (Wildman–Crippen LogP) is 1.36. The van der Waals surface area contributed by atoms with Gasteiger partial charge >= 0.3 is 6.03 Å². The number of aryl methyl sites for hydroxylation is 1. The molecule has 0 N–H and O–H groups in total. The molecule has 9 heteroatoms. The van der Waals surface area contributed by atoms with E-state index in [1.807, 2.05) is 24.9 Å². The van der Waals surface area contributed by atoms with Crippen molar-refractivity contribution in [2.75, 3.05) is 38.1 Å². The smallest absolute Gasteiger partial charge is 0.324 e. The summed E-state index contributed by atoms with van der Waals surface area (Å²) < 4.78 is 2.01. The van der Waals surface area contributed by atoms with Crippen molar-refractivity contribution in [2.24, 2.45) is 0 Å². The van der Waals surface area contributed by atoms with Gasteiger partial charge in [-0.05, 0) is 13.3 Å². The van der Waals surface area contributed by atoms with E-state index in [2.05, 4.69) is 20.2 Å². The highest BCUT2D eigenvalue weighted by molar-refractivity contribution is 7.11. The lowest BCUT2D eigenvalue weighted by Crippen LogP contribution is -2.28. The molecule has 0 spiro atoms. The number of hydrogen-bond acceptors (Lipinski definition) is 6. The second kappa shape index (κ2) is 6.14. The molecule has 8 nitrogen and oxygen atoms in total. The van der Waals surface area contributed by atoms with Crippen LogP contribution in [0.4, 0.5) is 10.5 Å². The third kappa shape index (κ3) is 2.89. The highest BCUT2D eigenvalue weighted by atomic mass is 32.1. The number of rotatable bonds is 4. The van der Waals surface area contributed by atoms with Gasteiger partial charge in [-0.1, -0.05) is 0 Å². The highest BCUT2D eigenvalue weighted by Crippen LogP contribution is 2.26. The third-order valence-electron chi connectivity index (χ3n) is 4.66. The molecular weight excluding hydrogens is 326 g/mol. The Kier molecular flexibility index (Phi) is 3.97. The summed E-state index contributed by atoms with van der Waals surface area (Å²) in [6.07, 6.45) is 4.86. The maximum atomic E-state index is 12.1. The van der Waals surface area contributed by atoms with Crippen LogP contribution >= 0.6 is 11.3 Å². The van der Waals surface area contributed by atoms with Crippen LogP contribution in [0.1, 0.15) is 22.5 Å². The molecule has 4 heterocycles. The van der Waals surface area contributed by atoms with Crippen LogP contribution in [0.15, 0.2) is 12.4 Å². The summed E-state index contributed by atoms with van der Waals surface area (Å²) in [5.41, 5.74) is 0.891. The van der Waals surface area contributed by atoms with E-state index in [9.17, 15) is 4.79 Å². The van der Waals surface area contributed by atoms with Gasteiger partial charge in [-0.3, -0.25) is 14.5 Å². The Morgan fingerprint density at radius 1 is 1.29 bits per heavy atom. The van der Waals surface area contributed by atoms with Gasteiger partial charge in [0.2, 0.25) is 0 Å². The molecule has 2 amide bonds. The molecule has 2 aromatic heterocycles. The van der Waals surface area contributed by atoms with Crippen LogP contribution in [-0.4, -0.2) is 69.0 Å². The van der Waals surface area contributed by atoms with Gasteiger partial charge in [-0.2, -0.15) is 5.10 Å². The fourth-order valence-electron chi connectivity index (χ4n) is 3.32. The number of aromatic nitrogens is 4. The molecule has 2 aromatic rings. The second-order valence-electron chi connectivity index (χ2n) is 6.43. The third-order valence-corrected chi connectivity index (χ3v) is 5.49. The zero-order chi connectivity index (χ0) is 16.7. The molecule has 2 aliphatic rings. The predicted molar refractivity (Wildman–Crippen MR) is 91.2 cm³/mol. The minimum atomic E-state index is 0.0502. The highest BCUT2D eigenvalue weighted by Gasteiger charge is 2.29. The van der Waals surface area contributed by atoms with Gasteiger partial charge in [-0.15, -0.1) is 21.5 Å². The SMILES string of the molecule is Cc1nnc(CN2CCC(n3cc(N4CCN(C)C4=O)cn3)C2)s1. The molecule has 4 rings (SSSR count). The molecule has 2 saturated heterocycles. The molecule has 1 unspecified atom stereocenters. The molecule has 24 heavy (non-hydrogen) atoms. The first kappa shape index (κ1) is 15.5. The lowest BCUT2D eigenvalue weighted by Gasteiger charge is -2.15. The molecule has 128 valence electrons. The monoisotopic (exact) mass is 347 g/mol. The Morgan fingerprint density at radius 3 is 2.88 bits per heavy atom. The topological polar surface area (TPSA) is 70.4 Å². The number of likely N-dealkylation sites (N-methyl/N-ethyl adjacent to an activating group) is 1. The Bertz CT molecular complexity index is 742. The van der Waals surface area contributed by atoms with Crippen LogP contribution in [0, 0.1) is 6.92 Å². The number of carbonyl (C=O) groups is 1. The summed E-state index contributed by atoms with van der Waals surface area (Å²) in [5, 5.41) is 14.9. The van der Waals surface area contributed by atoms with E-state index in [0.717, 1.165) is 54.8 Å². The minimum absolute atomic E-state index is 0.0502. The molecule has 0 radical (unpaired) electrons. The van der Waals surface area contributed by atoms with Crippen LogP contribution in [0.5, 0.6) is 0 Å². The van der Waals surface area contributed by atoms with Crippen LogP contribution in [0.25, 0.3) is 0 Å². The normalized spacial score (nSPS) is 22.1. The molecule has 2 aliphatic heterocycles. The zero-order valence-electron chi connectivity index (χ0n) is 13.9. The molecule has 2 fully saturated rings. The summed E-state index contributed by atoms with van der Waals surface area (Å²) in [7, 11) is 1.83. The minimum Gasteiger partial charge on any atom is -0.326 e. The number of likely N-dealkylation sites (tertiary alicyclic amines) is 1. The van der Waals surface area contributed by atoms with Gasteiger partial charge in [0.25, 0.3) is 0 Å². The second-order valence-corrected chi connectivity index (χ2v) is 7.69. The van der Waals surface area contributed by atoms with Crippen molar-refractivity contribution < 1.29 is 4.79 Å². The Hall–Kier alpha value is -2.00. The number of urea groups is 1. The maximum Gasteiger partial charge on any atom is 0.324 e. The van der Waals surface area contributed by atoms with E-state index in [0.29, 0.717) is 6.04 Å². The fourth-order valence-corrected chi connectivity index (χ4v) is 4.07. The van der Waals surface area contributed by atoms with E-state index in [-0.39, 0.29) is 6.03 Å². The van der Waals surface area contributed by atoms with Gasteiger partial charge < -0.3 is 4.90 Å². The number of anilines is 1. The lowest BCUT2D eigenvalue weighted by atomic mass is 10.3. The average Bonchev–Trinajstić information content (AvgIpc) is 3.31. The summed E-state index contributed by atoms with van der Waals surface area (Å²) in [6.45, 7) is 6.32. The standard InChI is InChI=1S/C15H21N7OS/c1-11-17-18-14(24-11)10-20-4-3-12(8-20)22-9-13(7-16-22)21-6-5-19(2)15(21)23/h7,9,12H,3-6,8,10H2,1-2H3. The first-order valence-corrected chi connectivity index (χ1v) is 9.00. The molecular formula is C15H21N7OS. The Balaban J connectivity index is 1.40. The molecule has 0 bridgehead atoms. The summed E-state index contributed by atoms with van der Waals surface area (Å²) in [4.78, 5) is 18.0. The number of nitrogens with zero attached hydrogens (tertiary/aromatic N) is 7. The lowest BCUT2D eigenvalue weighted by molar-refractivity contribution is 0.229. The van der Waals surface area contributed by atoms with Crippen molar-refractivity contribution in [3.05, 3.63) is 22.4 Å². The Morgan fingerprint density at radius 2 is 2.17 bits per heavy atom. The largest absolute Gasteiger partial charge is 0.326 e. The Labute approximate surface area is 144 Å². The van der Waals surface area contributed by atoms with Gasteiger partial charge in [0.05, 0.1) is 24.5 Å². The fraction of sp³-hybridized carbons (Fsp3) is 0.600. The summed E-state index contributed by atoms with van der Waals surface area (Å²) in [6, 6.07) is 0.400. The maximum absolute atomic E-state index is 12.1. The molecule has 1 atom stereocenters. The zero-order valence-corrected chi connectivity index (χ0v) is 14.7. The van der Waals surface area contributed by atoms with E-state index in [1.165, 1.54) is 0 Å². The van der Waals surface area contributed by atoms with Crippen molar-refractivity contribution in [3.8, 4) is 0 Å². The van der Waals surface area contributed by atoms with Crippen molar-refractivity contribution in [3.63, 3.8) is 0 Å². The number of amides is 2. The van der Waals surface area contributed by atoms with Crippen molar-refractivity contribution in [1.29, 1.82) is 0 Å². The summed E-state index contributed by atoms with van der Waals surface area (Å²) in [5.74, 6) is 0. The number of hydrogen-bond donors (Lipinski definition) is 0. The summed E-state index contributed by atoms with van der Waals surface area (Å²) >= 11 is 1.66. The van der Waals surface area contributed by atoms with E-state index >= 15 is 0 Å². The van der Waals surface area contributed by atoms with Crippen LogP contribution < -0.4 is 4.90 Å². The molecule has 0 aliphatic carbocycles. The van der Waals surface area contributed by atoms with Gasteiger partial charge in [0, 0.05) is 39.4 Å². The van der Waals surface area contributed by atoms with Gasteiger partial charge in [-0.25, -0.2) is 4.79 Å². The van der Waals surface area contributed by atoms with E-state index in [1.54, 1.807) is 27.3 Å². The van der Waals surface area contributed by atoms with Crippen LogP contribution in [0.2, 0.25) is 0 Å². The first-order chi connectivity index (χ1) is 11.6. The van der Waals surface area contributed by atoms with Crippen LogP contribution in [-0.2, 0) is 6.54 Å². The number of carbonyl (C=O) groups excluding carboxylic acids is 1. The van der Waals surface area contributed by atoms with E-state index in [4.69, 9.17) is 0 Å².